The van der Waals surface area contributed by atoms with Crippen LogP contribution in [0.1, 0.15) is 82.6 Å². The van der Waals surface area contributed by atoms with E-state index in [1.54, 1.807) is 84.9 Å². The van der Waals surface area contributed by atoms with Crippen molar-refractivity contribution in [2.75, 3.05) is 148 Å². The van der Waals surface area contributed by atoms with Crippen molar-refractivity contribution in [3.8, 4) is 0 Å². The molecule has 6 aliphatic heterocycles. The number of carbonyl (C=O) groups excluding carboxylic acids is 6. The van der Waals surface area contributed by atoms with Crippen LogP contribution < -0.4 is 31.9 Å². The average molecular weight is 1960 g/mol. The molecule has 44 heteroatoms. The van der Waals surface area contributed by atoms with Gasteiger partial charge in [-0.3, -0.25) is 28.8 Å². The molecule has 6 amide bonds. The minimum absolute atomic E-state index is 0.0886. The van der Waals surface area contributed by atoms with Crippen molar-refractivity contribution in [1.29, 1.82) is 0 Å². The number of benzene rings is 6. The molecule has 0 unspecified atom stereocenters. The summed E-state index contributed by atoms with van der Waals surface area (Å²) in [4.78, 5) is 72.9. The Bertz CT molecular complexity index is 4900. The largest absolute Gasteiger partial charge is 0.416 e. The summed E-state index contributed by atoms with van der Waals surface area (Å²) in [6.07, 6.45) is 10.5. The normalized spacial score (nSPS) is 20.5. The van der Waals surface area contributed by atoms with E-state index < -0.39 is 83.7 Å². The standard InChI is InChI=1S/C14H17F3N2O3S.C13H17BrN2O3S.3C13H17ClN2O3S.C13H17FN2O3S/c1-23(21,22)19-8-2-3-10(9-19)13(20)18-12-6-4-11(5-7-12)14(15,16)17;1-20(18,19)16-8-2-3-10(9-16)13(17)15-12-6-4-11(14)5-7-12;1-20(18,19)16-7-3-4-10(9-16)13(17)15-12-6-2-5-11(14)8-12;3*1-20(18,19)16-8-2-3-10(9-16)13(17)15-12-6-4-11(14)5-7-12/h4-7,10H,2-3,8-9H2,1H3,(H,18,20);4-7,10H,2-3,8-9H2,1H3,(H,15,17);2,5-6,8,10H,3-4,7,9H2,1H3,(H,15,17);3*4-7,10H,2-3,8-9H2,1H3,(H,15,17)/t6*10-/m000100/s1. The summed E-state index contributed by atoms with van der Waals surface area (Å²) in [6.45, 7) is 4.09. The van der Waals surface area contributed by atoms with Crippen molar-refractivity contribution in [1.82, 2.24) is 25.8 Å². The van der Waals surface area contributed by atoms with Gasteiger partial charge in [0.2, 0.25) is 95.6 Å². The smallest absolute Gasteiger partial charge is 0.326 e. The highest BCUT2D eigenvalue weighted by molar-refractivity contribution is 9.10. The van der Waals surface area contributed by atoms with Gasteiger partial charge in [-0.25, -0.2) is 80.7 Å². The van der Waals surface area contributed by atoms with Gasteiger partial charge in [-0.2, -0.15) is 13.2 Å². The summed E-state index contributed by atoms with van der Waals surface area (Å²) in [5.41, 5.74) is 2.63. The first-order valence-electron chi connectivity index (χ1n) is 38.9. The number of hydrogen-bond donors (Lipinski definition) is 6. The van der Waals surface area contributed by atoms with Gasteiger partial charge in [0, 0.05) is 132 Å². The van der Waals surface area contributed by atoms with Gasteiger partial charge in [0.25, 0.3) is 0 Å². The second kappa shape index (κ2) is 46.4. The van der Waals surface area contributed by atoms with Crippen molar-refractivity contribution < 1.29 is 96.8 Å². The fraction of sp³-hybridized carbons (Fsp3) is 0.468. The molecule has 6 atom stereocenters. The van der Waals surface area contributed by atoms with Crippen LogP contribution in [0.4, 0.5) is 51.7 Å². The molecule has 0 radical (unpaired) electrons. The Morgan fingerprint density at radius 1 is 0.317 bits per heavy atom. The number of nitrogens with zero attached hydrogens (tertiary/aromatic N) is 6. The van der Waals surface area contributed by atoms with Gasteiger partial charge < -0.3 is 31.9 Å². The molecule has 6 heterocycles. The van der Waals surface area contributed by atoms with Gasteiger partial charge in [-0.15, -0.1) is 0 Å². The van der Waals surface area contributed by atoms with Gasteiger partial charge in [0.05, 0.1) is 78.6 Å². The molecule has 6 saturated heterocycles. The first-order chi connectivity index (χ1) is 57.4. The summed E-state index contributed by atoms with van der Waals surface area (Å²) in [6, 6.07) is 37.5. The summed E-state index contributed by atoms with van der Waals surface area (Å²) in [5.74, 6) is -3.71. The topological polar surface area (TPSA) is 399 Å². The summed E-state index contributed by atoms with van der Waals surface area (Å²) < 4.78 is 198. The lowest BCUT2D eigenvalue weighted by molar-refractivity contribution is -0.137. The number of sulfonamides is 6. The zero-order chi connectivity index (χ0) is 91.0. The minimum Gasteiger partial charge on any atom is -0.326 e. The lowest BCUT2D eigenvalue weighted by atomic mass is 9.98. The molecular formula is C79H102BrCl3F4N12O18S6. The molecule has 678 valence electrons. The number of alkyl halides is 3. The van der Waals surface area contributed by atoms with Crippen molar-refractivity contribution in [2.24, 2.45) is 35.5 Å². The average Bonchev–Trinajstić information content (AvgIpc) is 0.866. The fourth-order valence-electron chi connectivity index (χ4n) is 13.7. The number of anilines is 6. The zero-order valence-corrected chi connectivity index (χ0v) is 77.0. The second-order valence-corrected chi connectivity index (χ2v) is 44.4. The number of halogens is 8. The molecule has 0 bridgehead atoms. The van der Waals surface area contributed by atoms with Gasteiger partial charge >= 0.3 is 6.18 Å². The van der Waals surface area contributed by atoms with E-state index in [0.29, 0.717) is 154 Å². The van der Waals surface area contributed by atoms with E-state index >= 15 is 0 Å². The highest BCUT2D eigenvalue weighted by Crippen LogP contribution is 2.32. The monoisotopic (exact) mass is 1960 g/mol. The van der Waals surface area contributed by atoms with Crippen molar-refractivity contribution in [3.63, 3.8) is 0 Å². The van der Waals surface area contributed by atoms with Crippen LogP contribution >= 0.6 is 50.7 Å². The number of amides is 6. The van der Waals surface area contributed by atoms with Crippen LogP contribution in [0, 0.1) is 41.3 Å². The second-order valence-electron chi connectivity index (χ2n) is 30.3. The van der Waals surface area contributed by atoms with Crippen molar-refractivity contribution >= 4 is 180 Å². The Kier molecular flexibility index (Phi) is 38.8. The highest BCUT2D eigenvalue weighted by atomic mass is 79.9. The molecule has 12 rings (SSSR count). The highest BCUT2D eigenvalue weighted by Gasteiger charge is 2.37. The van der Waals surface area contributed by atoms with E-state index in [2.05, 4.69) is 47.8 Å². The molecule has 0 saturated carbocycles. The predicted molar refractivity (Wildman–Crippen MR) is 473 cm³/mol. The number of nitrogens with one attached hydrogen (secondary N) is 6. The molecule has 0 aliphatic carbocycles. The first-order valence-corrected chi connectivity index (χ1v) is 51.9. The van der Waals surface area contributed by atoms with Crippen LogP contribution in [0.3, 0.4) is 0 Å². The van der Waals surface area contributed by atoms with Gasteiger partial charge in [-0.05, 0) is 217 Å². The third-order valence-electron chi connectivity index (χ3n) is 20.4. The summed E-state index contributed by atoms with van der Waals surface area (Å²) >= 11 is 20.8. The molecular weight excluding hydrogens is 1860 g/mol. The van der Waals surface area contributed by atoms with Crippen molar-refractivity contribution in [3.05, 3.63) is 177 Å². The van der Waals surface area contributed by atoms with Crippen LogP contribution in [0.25, 0.3) is 0 Å². The molecule has 0 spiro atoms. The molecule has 30 nitrogen and oxygen atoms in total. The Morgan fingerprint density at radius 2 is 0.528 bits per heavy atom. The van der Waals surface area contributed by atoms with Crippen LogP contribution in [-0.4, -0.2) is 228 Å². The Morgan fingerprint density at radius 3 is 0.748 bits per heavy atom. The zero-order valence-electron chi connectivity index (χ0n) is 68.3. The molecule has 6 N–H and O–H groups in total. The maximum absolute atomic E-state index is 12.8. The number of rotatable bonds is 18. The minimum atomic E-state index is -4.43. The molecule has 0 aromatic heterocycles. The predicted octanol–water partition coefficient (Wildman–Crippen LogP) is 11.7. The quantitative estimate of drug-likeness (QED) is 0.0435. The van der Waals surface area contributed by atoms with Crippen LogP contribution in [0.5, 0.6) is 0 Å². The van der Waals surface area contributed by atoms with E-state index in [-0.39, 0.29) is 110 Å². The lowest BCUT2D eigenvalue weighted by Gasteiger charge is -2.30. The Balaban J connectivity index is 0.000000203. The Labute approximate surface area is 740 Å². The number of hydrogen-bond acceptors (Lipinski definition) is 18. The van der Waals surface area contributed by atoms with Crippen LogP contribution in [0.2, 0.25) is 15.1 Å². The summed E-state index contributed by atoms with van der Waals surface area (Å²) in [7, 11) is -19.6. The molecule has 6 aliphatic rings. The molecule has 6 aromatic rings. The first kappa shape index (κ1) is 103. The number of piperidine rings is 6. The molecule has 123 heavy (non-hydrogen) atoms. The Hall–Kier alpha value is -7.33. The van der Waals surface area contributed by atoms with Gasteiger partial charge in [0.1, 0.15) is 5.82 Å². The van der Waals surface area contributed by atoms with Gasteiger partial charge in [-0.1, -0.05) is 56.8 Å². The number of carbonyl (C=O) groups is 6. The molecule has 6 aromatic carbocycles. The lowest BCUT2D eigenvalue weighted by Crippen LogP contribution is -2.43. The van der Waals surface area contributed by atoms with Gasteiger partial charge in [0.15, 0.2) is 0 Å². The van der Waals surface area contributed by atoms with Crippen molar-refractivity contribution in [2.45, 2.75) is 83.2 Å². The third-order valence-corrected chi connectivity index (χ3v) is 29.2. The van der Waals surface area contributed by atoms with E-state index in [1.165, 1.54) is 87.3 Å². The maximum atomic E-state index is 12.8. The SMILES string of the molecule is CS(=O)(=O)N1CCC[C@@H](C(=O)Nc2ccc(Cl)cc2)C1.CS(=O)(=O)N1CCC[C@H](C(=O)Nc2ccc(Br)cc2)C1.CS(=O)(=O)N1CCC[C@H](C(=O)Nc2ccc(C(F)(F)F)cc2)C1.CS(=O)(=O)N1CCC[C@H](C(=O)Nc2ccc(Cl)cc2)C1.CS(=O)(=O)N1CCC[C@H](C(=O)Nc2ccc(F)cc2)C1.CS(=O)(=O)N1CCC[C@H](C(=O)Nc2cccc(Cl)c2)C1. The maximum Gasteiger partial charge on any atom is 0.416 e. The van der Waals surface area contributed by atoms with E-state index in [0.717, 1.165) is 34.8 Å². The van der Waals surface area contributed by atoms with E-state index in [9.17, 15) is 96.8 Å². The molecule has 6 fully saturated rings. The van der Waals surface area contributed by atoms with Crippen LogP contribution in [0.15, 0.2) is 150 Å². The van der Waals surface area contributed by atoms with E-state index in [4.69, 9.17) is 34.8 Å². The summed E-state index contributed by atoms with van der Waals surface area (Å²) in [5, 5.41) is 18.2. The van der Waals surface area contributed by atoms with Crippen LogP contribution in [-0.2, 0) is 95.1 Å². The third kappa shape index (κ3) is 35.4. The fourth-order valence-corrected chi connectivity index (χ4v) is 19.8. The van der Waals surface area contributed by atoms with E-state index in [1.807, 2.05) is 12.1 Å².